The van der Waals surface area contributed by atoms with Crippen molar-refractivity contribution < 1.29 is 9.21 Å². The molecule has 3 nitrogen and oxygen atoms in total. The third-order valence-corrected chi connectivity index (χ3v) is 5.49. The molecule has 1 heterocycles. The molecule has 3 aromatic carbocycles. The van der Waals surface area contributed by atoms with Crippen LogP contribution in [0, 0.1) is 0 Å². The molecule has 0 saturated heterocycles. The Morgan fingerprint density at radius 1 is 0.880 bits per heavy atom. The number of Topliss-reactive ketones (excluding diaryl/α,β-unsaturated/α-hetero) is 1. The van der Waals surface area contributed by atoms with Crippen molar-refractivity contribution in [2.75, 3.05) is 5.33 Å². The predicted octanol–water partition coefficient (Wildman–Crippen LogP) is 5.57. The van der Waals surface area contributed by atoms with Gasteiger partial charge in [-0.25, -0.2) is 4.79 Å². The maximum absolute atomic E-state index is 12.7. The van der Waals surface area contributed by atoms with Crippen molar-refractivity contribution in [3.63, 3.8) is 0 Å². The lowest BCUT2D eigenvalue weighted by Crippen LogP contribution is -2.08. The van der Waals surface area contributed by atoms with Crippen molar-refractivity contribution in [3.05, 3.63) is 70.1 Å². The van der Waals surface area contributed by atoms with Gasteiger partial charge in [0.2, 0.25) is 0 Å². The summed E-state index contributed by atoms with van der Waals surface area (Å²) in [6.07, 6.45) is 0. The summed E-state index contributed by atoms with van der Waals surface area (Å²) in [6.45, 7) is 0. The molecular formula is C20H12Br2O3. The van der Waals surface area contributed by atoms with Crippen LogP contribution in [-0.4, -0.2) is 11.1 Å². The second kappa shape index (κ2) is 6.39. The van der Waals surface area contributed by atoms with Crippen molar-refractivity contribution in [3.8, 4) is 0 Å². The fourth-order valence-corrected chi connectivity index (χ4v) is 4.24. The first kappa shape index (κ1) is 16.5. The summed E-state index contributed by atoms with van der Waals surface area (Å²) >= 11 is 6.82. The summed E-state index contributed by atoms with van der Waals surface area (Å²) in [5.74, 6) is 0.00262. The number of fused-ring (bicyclic) bond motifs is 5. The zero-order valence-electron chi connectivity index (χ0n) is 13.0. The number of carbonyl (C=O) groups is 1. The number of halogens is 2. The van der Waals surface area contributed by atoms with Crippen LogP contribution in [0.1, 0.15) is 15.9 Å². The molecule has 0 radical (unpaired) electrons. The van der Waals surface area contributed by atoms with Gasteiger partial charge in [0.15, 0.2) is 5.78 Å². The number of hydrogen-bond donors (Lipinski definition) is 0. The van der Waals surface area contributed by atoms with E-state index in [1.807, 2.05) is 42.5 Å². The van der Waals surface area contributed by atoms with Crippen LogP contribution in [-0.2, 0) is 5.33 Å². The van der Waals surface area contributed by atoms with E-state index in [2.05, 4.69) is 31.9 Å². The lowest BCUT2D eigenvalue weighted by atomic mass is 9.91. The zero-order valence-corrected chi connectivity index (χ0v) is 16.2. The first-order valence-electron chi connectivity index (χ1n) is 7.71. The first-order chi connectivity index (χ1) is 12.2. The van der Waals surface area contributed by atoms with E-state index in [-0.39, 0.29) is 16.7 Å². The molecule has 5 heteroatoms. The summed E-state index contributed by atoms with van der Waals surface area (Å²) in [6, 6.07) is 14.9. The van der Waals surface area contributed by atoms with Gasteiger partial charge in [0.1, 0.15) is 5.58 Å². The Morgan fingerprint density at radius 2 is 1.48 bits per heavy atom. The van der Waals surface area contributed by atoms with Gasteiger partial charge in [-0.15, -0.1) is 0 Å². The van der Waals surface area contributed by atoms with Gasteiger partial charge in [-0.05, 0) is 17.0 Å². The standard InChI is InChI=1S/C20H12Br2O3/c21-9-15-17(16(23)10-22)11-5-1-3-7-13(11)19-18(15)12-6-2-4-8-14(12)20(24)25-19/h1-8H,9-10H2. The van der Waals surface area contributed by atoms with Crippen molar-refractivity contribution in [1.29, 1.82) is 0 Å². The van der Waals surface area contributed by atoms with Crippen LogP contribution in [0.15, 0.2) is 57.7 Å². The van der Waals surface area contributed by atoms with Crippen LogP contribution in [0.25, 0.3) is 32.5 Å². The maximum Gasteiger partial charge on any atom is 0.344 e. The molecule has 0 amide bonds. The van der Waals surface area contributed by atoms with E-state index < -0.39 is 0 Å². The molecule has 124 valence electrons. The smallest absolute Gasteiger partial charge is 0.344 e. The quantitative estimate of drug-likeness (QED) is 0.174. The lowest BCUT2D eigenvalue weighted by molar-refractivity contribution is 0.102. The third kappa shape index (κ3) is 2.45. The van der Waals surface area contributed by atoms with Crippen LogP contribution in [0.4, 0.5) is 0 Å². The Bertz CT molecular complexity index is 1210. The molecule has 0 aliphatic heterocycles. The summed E-state index contributed by atoms with van der Waals surface area (Å²) in [5, 5.41) is 4.43. The number of ketones is 1. The van der Waals surface area contributed by atoms with Gasteiger partial charge in [-0.2, -0.15) is 0 Å². The molecule has 0 fully saturated rings. The normalized spacial score (nSPS) is 11.4. The van der Waals surface area contributed by atoms with Gasteiger partial charge in [-0.1, -0.05) is 74.3 Å². The number of benzene rings is 3. The van der Waals surface area contributed by atoms with Crippen LogP contribution in [0.2, 0.25) is 0 Å². The summed E-state index contributed by atoms with van der Waals surface area (Å²) < 4.78 is 5.70. The van der Waals surface area contributed by atoms with Crippen molar-refractivity contribution in [1.82, 2.24) is 0 Å². The Hall–Kier alpha value is -1.98. The summed E-state index contributed by atoms with van der Waals surface area (Å²) in [4.78, 5) is 25.2. The second-order valence-electron chi connectivity index (χ2n) is 5.73. The minimum atomic E-state index is -0.367. The average Bonchev–Trinajstić information content (AvgIpc) is 2.66. The minimum absolute atomic E-state index is 0.00262. The molecule has 25 heavy (non-hydrogen) atoms. The van der Waals surface area contributed by atoms with Crippen LogP contribution >= 0.6 is 31.9 Å². The van der Waals surface area contributed by atoms with E-state index in [1.165, 1.54) is 0 Å². The molecule has 0 aliphatic carbocycles. The highest BCUT2D eigenvalue weighted by atomic mass is 79.9. The van der Waals surface area contributed by atoms with Gasteiger partial charge < -0.3 is 4.42 Å². The molecular weight excluding hydrogens is 448 g/mol. The molecule has 1 aromatic heterocycles. The van der Waals surface area contributed by atoms with Gasteiger partial charge in [0.05, 0.1) is 10.7 Å². The Morgan fingerprint density at radius 3 is 2.12 bits per heavy atom. The predicted molar refractivity (Wildman–Crippen MR) is 108 cm³/mol. The molecule has 0 bridgehead atoms. The molecule has 0 saturated carbocycles. The molecule has 0 spiro atoms. The maximum atomic E-state index is 12.7. The minimum Gasteiger partial charge on any atom is -0.422 e. The van der Waals surface area contributed by atoms with E-state index in [1.54, 1.807) is 6.07 Å². The number of hydrogen-bond acceptors (Lipinski definition) is 3. The lowest BCUT2D eigenvalue weighted by Gasteiger charge is -2.15. The van der Waals surface area contributed by atoms with E-state index in [9.17, 15) is 9.59 Å². The van der Waals surface area contributed by atoms with E-state index >= 15 is 0 Å². The van der Waals surface area contributed by atoms with E-state index in [0.717, 1.165) is 27.1 Å². The molecule has 0 atom stereocenters. The monoisotopic (exact) mass is 458 g/mol. The topological polar surface area (TPSA) is 47.3 Å². The number of alkyl halides is 2. The summed E-state index contributed by atoms with van der Waals surface area (Å²) in [5.41, 5.74) is 1.67. The average molecular weight is 460 g/mol. The Labute approximate surface area is 159 Å². The summed E-state index contributed by atoms with van der Waals surface area (Å²) in [7, 11) is 0. The van der Waals surface area contributed by atoms with Crippen molar-refractivity contribution in [2.24, 2.45) is 0 Å². The molecule has 0 aliphatic rings. The fourth-order valence-electron chi connectivity index (χ4n) is 3.40. The highest BCUT2D eigenvalue weighted by Crippen LogP contribution is 2.37. The molecule has 4 aromatic rings. The van der Waals surface area contributed by atoms with Gasteiger partial charge in [0.25, 0.3) is 0 Å². The molecule has 0 unspecified atom stereocenters. The molecule has 0 N–H and O–H groups in total. The van der Waals surface area contributed by atoms with Crippen molar-refractivity contribution >= 4 is 70.2 Å². The Balaban J connectivity index is 2.40. The fraction of sp³-hybridized carbons (Fsp3) is 0.100. The number of carbonyl (C=O) groups excluding carboxylic acids is 1. The third-order valence-electron chi connectivity index (χ3n) is 4.42. The highest BCUT2D eigenvalue weighted by Gasteiger charge is 2.22. The van der Waals surface area contributed by atoms with Gasteiger partial charge >= 0.3 is 5.63 Å². The van der Waals surface area contributed by atoms with Gasteiger partial charge in [-0.3, -0.25) is 4.79 Å². The van der Waals surface area contributed by atoms with Crippen LogP contribution < -0.4 is 5.63 Å². The van der Waals surface area contributed by atoms with E-state index in [4.69, 9.17) is 4.42 Å². The van der Waals surface area contributed by atoms with Crippen LogP contribution in [0.5, 0.6) is 0 Å². The van der Waals surface area contributed by atoms with Crippen molar-refractivity contribution in [2.45, 2.75) is 5.33 Å². The van der Waals surface area contributed by atoms with E-state index in [0.29, 0.717) is 21.9 Å². The van der Waals surface area contributed by atoms with Crippen LogP contribution in [0.3, 0.4) is 0 Å². The highest BCUT2D eigenvalue weighted by molar-refractivity contribution is 9.09. The number of rotatable bonds is 3. The van der Waals surface area contributed by atoms with Gasteiger partial charge in [0, 0.05) is 27.1 Å². The first-order valence-corrected chi connectivity index (χ1v) is 9.96. The SMILES string of the molecule is O=C(CBr)c1c(CBr)c2c3ccccc3c(=O)oc2c2ccccc12. The largest absolute Gasteiger partial charge is 0.422 e. The zero-order chi connectivity index (χ0) is 17.6. The Kier molecular flexibility index (Phi) is 4.21. The second-order valence-corrected chi connectivity index (χ2v) is 6.85. The molecule has 4 rings (SSSR count).